The van der Waals surface area contributed by atoms with Crippen LogP contribution in [0.25, 0.3) is 0 Å². The van der Waals surface area contributed by atoms with E-state index in [9.17, 15) is 9.59 Å². The van der Waals surface area contributed by atoms with Gasteiger partial charge in [0.05, 0.1) is 13.2 Å². The Morgan fingerprint density at radius 2 is 2.26 bits per heavy atom. The summed E-state index contributed by atoms with van der Waals surface area (Å²) < 4.78 is 5.32. The number of rotatable bonds is 6. The Morgan fingerprint density at radius 3 is 2.89 bits per heavy atom. The van der Waals surface area contributed by atoms with Gasteiger partial charge in [0, 0.05) is 19.0 Å². The topological polar surface area (TPSA) is 84.7 Å². The maximum Gasteiger partial charge on any atom is 0.245 e. The lowest BCUT2D eigenvalue weighted by molar-refractivity contribution is -0.151. The fourth-order valence-electron chi connectivity index (χ4n) is 2.11. The van der Waals surface area contributed by atoms with Crippen molar-refractivity contribution in [1.29, 1.82) is 0 Å². The highest BCUT2D eigenvalue weighted by molar-refractivity contribution is 5.88. The number of nitrogens with one attached hydrogen (secondary N) is 1. The van der Waals surface area contributed by atoms with Crippen LogP contribution in [-0.2, 0) is 14.3 Å². The quantitative estimate of drug-likeness (QED) is 0.696. The first-order valence-electron chi connectivity index (χ1n) is 6.97. The molecule has 1 aliphatic heterocycles. The predicted molar refractivity (Wildman–Crippen MR) is 72.5 cm³/mol. The van der Waals surface area contributed by atoms with Gasteiger partial charge in [-0.3, -0.25) is 9.59 Å². The molecule has 1 heterocycles. The van der Waals surface area contributed by atoms with E-state index in [4.69, 9.17) is 10.5 Å². The number of carbonyl (C=O) groups excluding carboxylic acids is 2. The molecule has 0 radical (unpaired) electrons. The van der Waals surface area contributed by atoms with E-state index in [1.54, 1.807) is 4.90 Å². The van der Waals surface area contributed by atoms with Gasteiger partial charge in [-0.25, -0.2) is 0 Å². The molecule has 0 aromatic rings. The lowest BCUT2D eigenvalue weighted by Gasteiger charge is -2.36. The van der Waals surface area contributed by atoms with E-state index >= 15 is 0 Å². The third-order valence-corrected chi connectivity index (χ3v) is 3.28. The molecule has 2 atom stereocenters. The van der Waals surface area contributed by atoms with Crippen LogP contribution in [0.15, 0.2) is 0 Å². The zero-order valence-electron chi connectivity index (χ0n) is 11.9. The Labute approximate surface area is 114 Å². The Balaban J connectivity index is 2.66. The van der Waals surface area contributed by atoms with Gasteiger partial charge in [-0.15, -0.1) is 0 Å². The van der Waals surface area contributed by atoms with Crippen LogP contribution < -0.4 is 11.1 Å². The molecule has 6 heteroatoms. The van der Waals surface area contributed by atoms with Crippen LogP contribution in [0.1, 0.15) is 26.7 Å². The summed E-state index contributed by atoms with van der Waals surface area (Å²) in [6.45, 7) is 6.17. The van der Waals surface area contributed by atoms with Crippen LogP contribution in [0.5, 0.6) is 0 Å². The number of amides is 2. The van der Waals surface area contributed by atoms with Gasteiger partial charge in [-0.1, -0.05) is 13.8 Å². The van der Waals surface area contributed by atoms with E-state index in [1.807, 2.05) is 13.8 Å². The highest BCUT2D eigenvalue weighted by Gasteiger charge is 2.34. The molecule has 0 spiro atoms. The summed E-state index contributed by atoms with van der Waals surface area (Å²) in [7, 11) is 0. The van der Waals surface area contributed by atoms with Crippen molar-refractivity contribution in [2.24, 2.45) is 11.7 Å². The Kier molecular flexibility index (Phi) is 6.80. The number of nitrogens with zero attached hydrogens (tertiary/aromatic N) is 1. The Hall–Kier alpha value is -1.14. The van der Waals surface area contributed by atoms with Gasteiger partial charge >= 0.3 is 0 Å². The highest BCUT2D eigenvalue weighted by atomic mass is 16.5. The number of hydrogen-bond acceptors (Lipinski definition) is 4. The van der Waals surface area contributed by atoms with E-state index in [0.717, 1.165) is 6.42 Å². The molecule has 1 aliphatic rings. The van der Waals surface area contributed by atoms with Gasteiger partial charge in [0.1, 0.15) is 6.04 Å². The largest absolute Gasteiger partial charge is 0.377 e. The van der Waals surface area contributed by atoms with Crippen molar-refractivity contribution >= 4 is 11.8 Å². The van der Waals surface area contributed by atoms with Crippen molar-refractivity contribution in [3.8, 4) is 0 Å². The molecule has 0 aliphatic carbocycles. The van der Waals surface area contributed by atoms with E-state index in [2.05, 4.69) is 5.32 Å². The zero-order chi connectivity index (χ0) is 14.3. The van der Waals surface area contributed by atoms with Gasteiger partial charge in [0.25, 0.3) is 0 Å². The summed E-state index contributed by atoms with van der Waals surface area (Å²) in [5, 5.41) is 2.82. The van der Waals surface area contributed by atoms with Crippen LogP contribution in [-0.4, -0.2) is 55.6 Å². The predicted octanol–water partition coefficient (Wildman–Crippen LogP) is -0.275. The molecule has 3 N–H and O–H groups in total. The third-order valence-electron chi connectivity index (χ3n) is 3.28. The minimum absolute atomic E-state index is 0.00889. The number of hydrogen-bond donors (Lipinski definition) is 2. The first kappa shape index (κ1) is 15.9. The second-order valence-electron chi connectivity index (χ2n) is 4.89. The number of ether oxygens (including phenoxy) is 1. The summed E-state index contributed by atoms with van der Waals surface area (Å²) in [6, 6.07) is -0.506. The van der Waals surface area contributed by atoms with Crippen molar-refractivity contribution in [2.75, 3.05) is 32.8 Å². The van der Waals surface area contributed by atoms with Crippen molar-refractivity contribution in [1.82, 2.24) is 10.2 Å². The first-order chi connectivity index (χ1) is 9.11. The number of carbonyl (C=O) groups is 2. The van der Waals surface area contributed by atoms with Gasteiger partial charge < -0.3 is 20.7 Å². The molecule has 0 bridgehead atoms. The molecular formula is C13H25N3O3. The average Bonchev–Trinajstić information content (AvgIpc) is 2.44. The average molecular weight is 271 g/mol. The highest BCUT2D eigenvalue weighted by Crippen LogP contribution is 2.14. The Morgan fingerprint density at radius 1 is 1.53 bits per heavy atom. The first-order valence-corrected chi connectivity index (χ1v) is 6.97. The van der Waals surface area contributed by atoms with Crippen molar-refractivity contribution in [3.63, 3.8) is 0 Å². The van der Waals surface area contributed by atoms with Crippen molar-refractivity contribution in [2.45, 2.75) is 32.7 Å². The molecule has 1 rings (SSSR count). The smallest absolute Gasteiger partial charge is 0.245 e. The molecule has 0 saturated carbocycles. The van der Waals surface area contributed by atoms with E-state index < -0.39 is 6.04 Å². The lowest BCUT2D eigenvalue weighted by atomic mass is 10.0. The summed E-state index contributed by atoms with van der Waals surface area (Å²) in [4.78, 5) is 26.0. The number of morpholine rings is 1. The second kappa shape index (κ2) is 8.12. The van der Waals surface area contributed by atoms with E-state index in [0.29, 0.717) is 32.7 Å². The van der Waals surface area contributed by atoms with Crippen molar-refractivity contribution in [3.05, 3.63) is 0 Å². The molecule has 0 aromatic carbocycles. The summed E-state index contributed by atoms with van der Waals surface area (Å²) in [5.74, 6) is -0.287. The molecular weight excluding hydrogens is 246 g/mol. The minimum Gasteiger partial charge on any atom is -0.377 e. The lowest BCUT2D eigenvalue weighted by Crippen LogP contribution is -2.57. The molecule has 2 amide bonds. The van der Waals surface area contributed by atoms with Gasteiger partial charge in [-0.05, 0) is 19.4 Å². The fraction of sp³-hybridized carbons (Fsp3) is 0.846. The molecule has 2 unspecified atom stereocenters. The van der Waals surface area contributed by atoms with Crippen LogP contribution in [0, 0.1) is 5.92 Å². The van der Waals surface area contributed by atoms with E-state index in [-0.39, 0.29) is 24.3 Å². The SMILES string of the molecule is CCCNC(=O)C1COCCN1C(=O)C(C)CCN. The molecule has 6 nitrogen and oxygen atoms in total. The normalized spacial score (nSPS) is 21.0. The van der Waals surface area contributed by atoms with E-state index in [1.165, 1.54) is 0 Å². The van der Waals surface area contributed by atoms with Gasteiger partial charge in [0.15, 0.2) is 0 Å². The van der Waals surface area contributed by atoms with Crippen LogP contribution in [0.4, 0.5) is 0 Å². The number of nitrogens with two attached hydrogens (primary N) is 1. The van der Waals surface area contributed by atoms with Gasteiger partial charge in [0.2, 0.25) is 11.8 Å². The van der Waals surface area contributed by atoms with Crippen molar-refractivity contribution < 1.29 is 14.3 Å². The third kappa shape index (κ3) is 4.47. The maximum atomic E-state index is 12.3. The van der Waals surface area contributed by atoms with Crippen LogP contribution in [0.3, 0.4) is 0 Å². The van der Waals surface area contributed by atoms with Crippen LogP contribution in [0.2, 0.25) is 0 Å². The Bertz CT molecular complexity index is 310. The monoisotopic (exact) mass is 271 g/mol. The van der Waals surface area contributed by atoms with Crippen LogP contribution >= 0.6 is 0 Å². The molecule has 0 aromatic heterocycles. The zero-order valence-corrected chi connectivity index (χ0v) is 11.9. The second-order valence-corrected chi connectivity index (χ2v) is 4.89. The van der Waals surface area contributed by atoms with Gasteiger partial charge in [-0.2, -0.15) is 0 Å². The molecule has 19 heavy (non-hydrogen) atoms. The molecule has 110 valence electrons. The summed E-state index contributed by atoms with van der Waals surface area (Å²) in [6.07, 6.45) is 1.51. The minimum atomic E-state index is -0.506. The standard InChI is InChI=1S/C13H25N3O3/c1-3-6-15-12(17)11-9-19-8-7-16(11)13(18)10(2)4-5-14/h10-11H,3-9,14H2,1-2H3,(H,15,17). The molecule has 1 fully saturated rings. The maximum absolute atomic E-state index is 12.3. The summed E-state index contributed by atoms with van der Waals surface area (Å²) in [5.41, 5.74) is 5.48. The summed E-state index contributed by atoms with van der Waals surface area (Å²) >= 11 is 0. The molecule has 1 saturated heterocycles. The fourth-order valence-corrected chi connectivity index (χ4v) is 2.11.